The summed E-state index contributed by atoms with van der Waals surface area (Å²) in [5, 5.41) is 6.03. The molecule has 2 aromatic rings. The van der Waals surface area contributed by atoms with Crippen LogP contribution < -0.4 is 10.6 Å². The van der Waals surface area contributed by atoms with Crippen molar-refractivity contribution in [3.63, 3.8) is 0 Å². The maximum Gasteiger partial charge on any atom is 0.341 e. The van der Waals surface area contributed by atoms with Crippen LogP contribution in [-0.2, 0) is 15.3 Å². The van der Waals surface area contributed by atoms with Crippen LogP contribution in [0.1, 0.15) is 36.7 Å². The van der Waals surface area contributed by atoms with E-state index >= 15 is 0 Å². The molecule has 5 nitrogen and oxygen atoms in total. The van der Waals surface area contributed by atoms with Crippen molar-refractivity contribution in [1.82, 2.24) is 5.32 Å². The van der Waals surface area contributed by atoms with Crippen molar-refractivity contribution >= 4 is 33.5 Å². The zero-order chi connectivity index (χ0) is 18.2. The summed E-state index contributed by atoms with van der Waals surface area (Å²) in [6.07, 6.45) is 0. The highest BCUT2D eigenvalue weighted by atomic mass is 79.9. The summed E-state index contributed by atoms with van der Waals surface area (Å²) in [6, 6.07) is 14.3. The Balaban J connectivity index is 2.10. The fourth-order valence-electron chi connectivity index (χ4n) is 2.73. The van der Waals surface area contributed by atoms with Gasteiger partial charge in [-0.2, -0.15) is 0 Å². The number of hydrogen-bond acceptors (Lipinski definition) is 4. The van der Waals surface area contributed by atoms with E-state index in [0.717, 1.165) is 4.47 Å². The van der Waals surface area contributed by atoms with E-state index < -0.39 is 23.1 Å². The molecule has 0 aromatic heterocycles. The smallest absolute Gasteiger partial charge is 0.341 e. The molecule has 0 radical (unpaired) electrons. The highest BCUT2D eigenvalue weighted by molar-refractivity contribution is 9.10. The van der Waals surface area contributed by atoms with E-state index in [4.69, 9.17) is 4.74 Å². The first kappa shape index (κ1) is 17.5. The maximum absolute atomic E-state index is 13.1. The number of ether oxygens (including phenoxy) is 1. The molecule has 0 spiro atoms. The summed E-state index contributed by atoms with van der Waals surface area (Å²) in [7, 11) is 0. The van der Waals surface area contributed by atoms with Gasteiger partial charge in [0.05, 0.1) is 5.56 Å². The monoisotopic (exact) mass is 402 g/mol. The predicted octanol–water partition coefficient (Wildman–Crippen LogP) is 3.80. The lowest BCUT2D eigenvalue weighted by Crippen LogP contribution is -2.55. The van der Waals surface area contributed by atoms with Gasteiger partial charge < -0.3 is 15.4 Å². The Labute approximate surface area is 154 Å². The number of amides is 1. The van der Waals surface area contributed by atoms with Crippen molar-refractivity contribution in [1.29, 1.82) is 0 Å². The Hall–Kier alpha value is -2.34. The molecule has 0 aliphatic carbocycles. The average Bonchev–Trinajstić information content (AvgIpc) is 2.80. The number of carbonyl (C=O) groups is 2. The largest absolute Gasteiger partial charge is 0.421 e. The number of benzene rings is 2. The van der Waals surface area contributed by atoms with Crippen molar-refractivity contribution in [3.05, 3.63) is 64.1 Å². The highest BCUT2D eigenvalue weighted by Crippen LogP contribution is 2.38. The highest BCUT2D eigenvalue weighted by Gasteiger charge is 2.52. The average molecular weight is 403 g/mol. The van der Waals surface area contributed by atoms with Crippen molar-refractivity contribution in [3.8, 4) is 0 Å². The summed E-state index contributed by atoms with van der Waals surface area (Å²) < 4.78 is 6.44. The van der Waals surface area contributed by atoms with Gasteiger partial charge in [0.1, 0.15) is 0 Å². The molecule has 1 atom stereocenters. The third-order valence-corrected chi connectivity index (χ3v) is 4.22. The number of esters is 1. The van der Waals surface area contributed by atoms with Crippen LogP contribution in [-0.4, -0.2) is 17.4 Å². The molecule has 1 heterocycles. The lowest BCUT2D eigenvalue weighted by atomic mass is 9.97. The van der Waals surface area contributed by atoms with Gasteiger partial charge in [0, 0.05) is 21.3 Å². The van der Waals surface area contributed by atoms with E-state index in [-0.39, 0.29) is 0 Å². The number of hydrogen-bond donors (Lipinski definition) is 2. The van der Waals surface area contributed by atoms with Gasteiger partial charge in [0.15, 0.2) is 0 Å². The van der Waals surface area contributed by atoms with Crippen LogP contribution in [0.25, 0.3) is 0 Å². The van der Waals surface area contributed by atoms with Crippen LogP contribution in [0.5, 0.6) is 0 Å². The molecule has 1 amide bonds. The van der Waals surface area contributed by atoms with Crippen LogP contribution in [0, 0.1) is 0 Å². The minimum Gasteiger partial charge on any atom is -0.421 e. The Morgan fingerprint density at radius 1 is 1.12 bits per heavy atom. The molecular weight excluding hydrogens is 384 g/mol. The Morgan fingerprint density at radius 3 is 2.52 bits per heavy atom. The minimum atomic E-state index is -1.61. The zero-order valence-corrected chi connectivity index (χ0v) is 15.8. The van der Waals surface area contributed by atoms with Crippen LogP contribution in [0.3, 0.4) is 0 Å². The molecule has 130 valence electrons. The molecule has 0 bridgehead atoms. The molecule has 0 saturated carbocycles. The first-order chi connectivity index (χ1) is 11.7. The number of nitrogens with one attached hydrogen (secondary N) is 2. The minimum absolute atomic E-state index is 0.383. The molecular formula is C19H19BrN2O3. The summed E-state index contributed by atoms with van der Waals surface area (Å²) >= 11 is 3.41. The lowest BCUT2D eigenvalue weighted by molar-refractivity contribution is -0.139. The third-order valence-electron chi connectivity index (χ3n) is 3.73. The van der Waals surface area contributed by atoms with E-state index in [1.165, 1.54) is 0 Å². The second-order valence-corrected chi connectivity index (χ2v) is 7.87. The summed E-state index contributed by atoms with van der Waals surface area (Å²) in [6.45, 7) is 5.63. The Morgan fingerprint density at radius 2 is 1.84 bits per heavy atom. The van der Waals surface area contributed by atoms with Crippen LogP contribution in [0.2, 0.25) is 0 Å². The Bertz CT molecular complexity index is 845. The fraction of sp³-hybridized carbons (Fsp3) is 0.263. The molecule has 6 heteroatoms. The van der Waals surface area contributed by atoms with E-state index in [1.54, 1.807) is 24.3 Å². The van der Waals surface area contributed by atoms with Gasteiger partial charge in [-0.1, -0.05) is 40.2 Å². The van der Waals surface area contributed by atoms with E-state index in [0.29, 0.717) is 16.8 Å². The zero-order valence-electron chi connectivity index (χ0n) is 14.2. The first-order valence-corrected chi connectivity index (χ1v) is 8.70. The third kappa shape index (κ3) is 3.39. The molecule has 1 aliphatic rings. The van der Waals surface area contributed by atoms with Gasteiger partial charge in [-0.25, -0.2) is 4.79 Å². The van der Waals surface area contributed by atoms with Crippen LogP contribution in [0.15, 0.2) is 53.0 Å². The topological polar surface area (TPSA) is 67.4 Å². The van der Waals surface area contributed by atoms with Crippen molar-refractivity contribution in [2.75, 3.05) is 5.32 Å². The second-order valence-electron chi connectivity index (χ2n) is 6.96. The van der Waals surface area contributed by atoms with E-state index in [1.807, 2.05) is 45.0 Å². The Kier molecular flexibility index (Phi) is 4.33. The van der Waals surface area contributed by atoms with E-state index in [2.05, 4.69) is 26.6 Å². The quantitative estimate of drug-likeness (QED) is 0.766. The van der Waals surface area contributed by atoms with E-state index in [9.17, 15) is 9.59 Å². The molecule has 2 aromatic carbocycles. The summed E-state index contributed by atoms with van der Waals surface area (Å²) in [5.41, 5.74) is -0.548. The molecule has 0 saturated heterocycles. The van der Waals surface area contributed by atoms with Gasteiger partial charge in [-0.15, -0.1) is 0 Å². The van der Waals surface area contributed by atoms with Crippen molar-refractivity contribution < 1.29 is 14.3 Å². The van der Waals surface area contributed by atoms with Gasteiger partial charge >= 0.3 is 5.97 Å². The molecule has 1 unspecified atom stereocenters. The van der Waals surface area contributed by atoms with Crippen LogP contribution in [0.4, 0.5) is 5.69 Å². The van der Waals surface area contributed by atoms with Gasteiger partial charge in [-0.3, -0.25) is 4.79 Å². The SMILES string of the molecule is CC(C)(C)NC(=O)C1(Nc2cccc(Br)c2)OC(=O)c2ccccc21. The number of fused-ring (bicyclic) bond motifs is 1. The fourth-order valence-corrected chi connectivity index (χ4v) is 3.13. The molecule has 3 rings (SSSR count). The standard InChI is InChI=1S/C19H19BrN2O3/c1-18(2,3)22-17(24)19(21-13-8-6-7-12(20)11-13)15-10-5-4-9-14(15)16(23)25-19/h4-11,21H,1-3H3,(H,22,24). The number of cyclic esters (lactones) is 1. The second kappa shape index (κ2) is 6.19. The number of halogens is 1. The number of anilines is 1. The normalized spacial score (nSPS) is 19.1. The molecule has 0 fully saturated rings. The van der Waals surface area contributed by atoms with Gasteiger partial charge in [0.25, 0.3) is 11.6 Å². The molecule has 2 N–H and O–H groups in total. The first-order valence-electron chi connectivity index (χ1n) is 7.90. The summed E-state index contributed by atoms with van der Waals surface area (Å²) in [4.78, 5) is 25.5. The number of rotatable bonds is 3. The van der Waals surface area contributed by atoms with Gasteiger partial charge in [0.2, 0.25) is 0 Å². The summed E-state index contributed by atoms with van der Waals surface area (Å²) in [5.74, 6) is -0.944. The maximum atomic E-state index is 13.1. The lowest BCUT2D eigenvalue weighted by Gasteiger charge is -2.33. The molecule has 1 aliphatic heterocycles. The number of carbonyl (C=O) groups excluding carboxylic acids is 2. The van der Waals surface area contributed by atoms with Crippen molar-refractivity contribution in [2.45, 2.75) is 32.0 Å². The van der Waals surface area contributed by atoms with Crippen molar-refractivity contribution in [2.24, 2.45) is 0 Å². The van der Waals surface area contributed by atoms with Crippen LogP contribution >= 0.6 is 15.9 Å². The predicted molar refractivity (Wildman–Crippen MR) is 99.2 cm³/mol. The van der Waals surface area contributed by atoms with Gasteiger partial charge in [-0.05, 0) is 45.0 Å². The molecule has 25 heavy (non-hydrogen) atoms.